The molecule has 2 heteroatoms. The fourth-order valence-electron chi connectivity index (χ4n) is 2.62. The Balaban J connectivity index is 1.93. The minimum Gasteiger partial charge on any atom is -0.347 e. The van der Waals surface area contributed by atoms with Gasteiger partial charge in [0.05, 0.1) is 4.88 Å². The van der Waals surface area contributed by atoms with Gasteiger partial charge in [-0.15, -0.1) is 11.3 Å². The Bertz CT molecular complexity index is 502. The Morgan fingerprint density at radius 2 is 1.88 bits per heavy atom. The normalized spacial score (nSPS) is 16.5. The highest BCUT2D eigenvalue weighted by Crippen LogP contribution is 2.27. The number of hydrogen-bond donors (Lipinski definition) is 1. The summed E-state index contributed by atoms with van der Waals surface area (Å²) in [6.45, 7) is 0. The third kappa shape index (κ3) is 2.15. The van der Waals surface area contributed by atoms with Gasteiger partial charge in [0.2, 0.25) is 0 Å². The lowest BCUT2D eigenvalue weighted by atomic mass is 9.89. The van der Waals surface area contributed by atoms with Crippen LogP contribution < -0.4 is 5.73 Å². The number of hydrogen-bond acceptors (Lipinski definition) is 1. The van der Waals surface area contributed by atoms with Crippen LogP contribution in [0.25, 0.3) is 0 Å². The van der Waals surface area contributed by atoms with Crippen molar-refractivity contribution >= 4 is 11.3 Å². The number of aryl methyl sites for hydroxylation is 2. The average molecular weight is 244 g/mol. The highest BCUT2D eigenvalue weighted by Gasteiger charge is 2.16. The number of thiophene rings is 1. The van der Waals surface area contributed by atoms with E-state index in [2.05, 4.69) is 41.4 Å². The van der Waals surface area contributed by atoms with Crippen LogP contribution in [0.1, 0.15) is 40.5 Å². The van der Waals surface area contributed by atoms with Gasteiger partial charge in [0.25, 0.3) is 0 Å². The molecular weight excluding hydrogens is 226 g/mol. The van der Waals surface area contributed by atoms with E-state index in [0.29, 0.717) is 6.04 Å². The lowest BCUT2D eigenvalue weighted by Gasteiger charge is -2.17. The third-order valence-electron chi connectivity index (χ3n) is 3.66. The summed E-state index contributed by atoms with van der Waals surface area (Å²) in [5.41, 5.74) is 8.79. The minimum absolute atomic E-state index is 0.294. The van der Waals surface area contributed by atoms with E-state index in [4.69, 9.17) is 0 Å². The van der Waals surface area contributed by atoms with Crippen LogP contribution in [-0.4, -0.2) is 0 Å². The summed E-state index contributed by atoms with van der Waals surface area (Å²) in [6.07, 6.45) is 5.21. The van der Waals surface area contributed by atoms with Crippen LogP contribution in [0, 0.1) is 0 Å². The Kier molecular flexibility index (Phi) is 3.00. The Hall–Kier alpha value is -1.12. The van der Waals surface area contributed by atoms with E-state index < -0.39 is 0 Å². The summed E-state index contributed by atoms with van der Waals surface area (Å²) in [4.78, 5) is 1.36. The first-order valence-electron chi connectivity index (χ1n) is 6.33. The van der Waals surface area contributed by atoms with Crippen molar-refractivity contribution in [3.63, 3.8) is 0 Å². The van der Waals surface area contributed by atoms with Crippen molar-refractivity contribution in [3.05, 3.63) is 57.3 Å². The van der Waals surface area contributed by atoms with Crippen LogP contribution in [0.4, 0.5) is 0 Å². The van der Waals surface area contributed by atoms with Gasteiger partial charge in [-0.25, -0.2) is 0 Å². The van der Waals surface area contributed by atoms with Gasteiger partial charge in [-0.05, 0) is 54.3 Å². The van der Waals surface area contributed by atoms with Crippen LogP contribution in [0.3, 0.4) is 0 Å². The SMILES string of the molecule is [NH3+][C@@H](c1ccc2c(c1)CCCC2)c1cccs1. The predicted molar refractivity (Wildman–Crippen MR) is 72.1 cm³/mol. The molecule has 3 N–H and O–H groups in total. The standard InChI is InChI=1S/C15H17NS/c16-15(14-6-3-9-17-14)13-8-7-11-4-1-2-5-12(11)10-13/h3,6-10,15H,1-2,4-5,16H2/p+1/t15-/m0/s1. The van der Waals surface area contributed by atoms with Gasteiger partial charge < -0.3 is 5.73 Å². The number of fused-ring (bicyclic) bond motifs is 1. The first-order chi connectivity index (χ1) is 8.34. The minimum atomic E-state index is 0.294. The van der Waals surface area contributed by atoms with Crippen molar-refractivity contribution in [2.24, 2.45) is 0 Å². The molecule has 2 aromatic rings. The van der Waals surface area contributed by atoms with Crippen molar-refractivity contribution in [1.82, 2.24) is 0 Å². The Labute approximate surface area is 106 Å². The highest BCUT2D eigenvalue weighted by atomic mass is 32.1. The molecule has 0 aliphatic heterocycles. The van der Waals surface area contributed by atoms with Gasteiger partial charge in [-0.2, -0.15) is 0 Å². The molecule has 1 aromatic carbocycles. The molecule has 1 atom stereocenters. The second-order valence-electron chi connectivity index (χ2n) is 4.80. The molecule has 0 unspecified atom stereocenters. The van der Waals surface area contributed by atoms with E-state index in [1.165, 1.54) is 36.1 Å². The molecule has 1 nitrogen and oxygen atoms in total. The second-order valence-corrected chi connectivity index (χ2v) is 5.78. The zero-order chi connectivity index (χ0) is 11.7. The molecular formula is C15H18NS+. The summed E-state index contributed by atoms with van der Waals surface area (Å²) in [6, 6.07) is 11.5. The molecule has 0 fully saturated rings. The third-order valence-corrected chi connectivity index (χ3v) is 4.65. The van der Waals surface area contributed by atoms with Crippen molar-refractivity contribution in [3.8, 4) is 0 Å². The summed E-state index contributed by atoms with van der Waals surface area (Å²) < 4.78 is 0. The van der Waals surface area contributed by atoms with Gasteiger partial charge in [0.1, 0.15) is 6.04 Å². The molecule has 0 bridgehead atoms. The molecule has 1 aliphatic carbocycles. The zero-order valence-corrected chi connectivity index (χ0v) is 10.8. The molecule has 0 amide bonds. The summed E-state index contributed by atoms with van der Waals surface area (Å²) in [7, 11) is 0. The molecule has 17 heavy (non-hydrogen) atoms. The van der Waals surface area contributed by atoms with E-state index in [0.717, 1.165) is 0 Å². The van der Waals surface area contributed by atoms with Crippen molar-refractivity contribution in [1.29, 1.82) is 0 Å². The molecule has 1 aromatic heterocycles. The molecule has 0 spiro atoms. The summed E-state index contributed by atoms with van der Waals surface area (Å²) in [5, 5.41) is 2.13. The van der Waals surface area contributed by atoms with Gasteiger partial charge in [0.15, 0.2) is 0 Å². The molecule has 1 aliphatic rings. The average Bonchev–Trinajstić information content (AvgIpc) is 2.91. The van der Waals surface area contributed by atoms with E-state index in [1.54, 1.807) is 22.5 Å². The number of rotatable bonds is 2. The van der Waals surface area contributed by atoms with Crippen LogP contribution in [-0.2, 0) is 12.8 Å². The number of quaternary nitrogens is 1. The monoisotopic (exact) mass is 244 g/mol. The second kappa shape index (κ2) is 4.63. The lowest BCUT2D eigenvalue weighted by Crippen LogP contribution is -2.53. The largest absolute Gasteiger partial charge is 0.347 e. The molecule has 3 rings (SSSR count). The fraction of sp³-hybridized carbons (Fsp3) is 0.333. The van der Waals surface area contributed by atoms with Gasteiger partial charge in [-0.3, -0.25) is 0 Å². The van der Waals surface area contributed by atoms with Gasteiger partial charge in [0, 0.05) is 5.56 Å². The maximum absolute atomic E-state index is 4.31. The van der Waals surface area contributed by atoms with Crippen LogP contribution >= 0.6 is 11.3 Å². The molecule has 0 radical (unpaired) electrons. The molecule has 0 saturated carbocycles. The Morgan fingerprint density at radius 1 is 1.06 bits per heavy atom. The smallest absolute Gasteiger partial charge is 0.145 e. The van der Waals surface area contributed by atoms with Crippen LogP contribution in [0.2, 0.25) is 0 Å². The van der Waals surface area contributed by atoms with E-state index in [1.807, 2.05) is 0 Å². The topological polar surface area (TPSA) is 27.6 Å². The van der Waals surface area contributed by atoms with Crippen LogP contribution in [0.5, 0.6) is 0 Å². The quantitative estimate of drug-likeness (QED) is 0.841. The van der Waals surface area contributed by atoms with Gasteiger partial charge >= 0.3 is 0 Å². The lowest BCUT2D eigenvalue weighted by molar-refractivity contribution is -0.410. The molecule has 0 saturated heterocycles. The summed E-state index contributed by atoms with van der Waals surface area (Å²) in [5.74, 6) is 0. The van der Waals surface area contributed by atoms with Crippen LogP contribution in [0.15, 0.2) is 35.7 Å². The van der Waals surface area contributed by atoms with E-state index >= 15 is 0 Å². The number of benzene rings is 1. The molecule has 88 valence electrons. The predicted octanol–water partition coefficient (Wildman–Crippen LogP) is 2.96. The first kappa shape index (κ1) is 11.0. The highest BCUT2D eigenvalue weighted by molar-refractivity contribution is 7.10. The van der Waals surface area contributed by atoms with Gasteiger partial charge in [-0.1, -0.05) is 18.2 Å². The maximum atomic E-state index is 4.31. The summed E-state index contributed by atoms with van der Waals surface area (Å²) >= 11 is 1.80. The Morgan fingerprint density at radius 3 is 2.65 bits per heavy atom. The van der Waals surface area contributed by atoms with E-state index in [-0.39, 0.29) is 0 Å². The zero-order valence-electron chi connectivity index (χ0n) is 9.99. The van der Waals surface area contributed by atoms with Crippen molar-refractivity contribution in [2.45, 2.75) is 31.7 Å². The van der Waals surface area contributed by atoms with Crippen molar-refractivity contribution < 1.29 is 5.73 Å². The maximum Gasteiger partial charge on any atom is 0.145 e. The first-order valence-corrected chi connectivity index (χ1v) is 7.21. The van der Waals surface area contributed by atoms with E-state index in [9.17, 15) is 0 Å². The van der Waals surface area contributed by atoms with Crippen molar-refractivity contribution in [2.75, 3.05) is 0 Å². The fourth-order valence-corrected chi connectivity index (χ4v) is 3.40. The molecule has 1 heterocycles.